The van der Waals surface area contributed by atoms with Crippen LogP contribution < -0.4 is 4.74 Å². The van der Waals surface area contributed by atoms with E-state index >= 15 is 0 Å². The van der Waals surface area contributed by atoms with Gasteiger partial charge in [-0.05, 0) is 17.5 Å². The van der Waals surface area contributed by atoms with Crippen molar-refractivity contribution in [1.29, 1.82) is 0 Å². The van der Waals surface area contributed by atoms with E-state index in [0.717, 1.165) is 11.8 Å². The molecule has 0 radical (unpaired) electrons. The van der Waals surface area contributed by atoms with Gasteiger partial charge in [0.15, 0.2) is 0 Å². The van der Waals surface area contributed by atoms with Crippen molar-refractivity contribution in [2.45, 2.75) is 20.1 Å². The molecule has 1 unspecified atom stereocenters. The first kappa shape index (κ1) is 16.2. The second kappa shape index (κ2) is 6.48. The summed E-state index contributed by atoms with van der Waals surface area (Å²) in [5.41, 5.74) is 0.392. The normalized spacial score (nSPS) is 22.2. The van der Waals surface area contributed by atoms with Gasteiger partial charge in [-0.3, -0.25) is 4.79 Å². The number of aldehydes is 1. The Balaban J connectivity index is 1.78. The van der Waals surface area contributed by atoms with E-state index in [0.29, 0.717) is 5.75 Å². The maximum Gasteiger partial charge on any atom is 0.313 e. The fraction of sp³-hybridized carbons (Fsp3) is 0.300. The second-order valence-corrected chi connectivity index (χ2v) is 6.57. The third kappa shape index (κ3) is 3.18. The maximum absolute atomic E-state index is 12.5. The summed E-state index contributed by atoms with van der Waals surface area (Å²) >= 11 is 0. The summed E-state index contributed by atoms with van der Waals surface area (Å²) in [4.78, 5) is 23.6. The molecule has 1 aliphatic rings. The number of esters is 1. The Hall–Kier alpha value is -2.62. The Morgan fingerprint density at radius 1 is 1.04 bits per heavy atom. The first-order valence-electron chi connectivity index (χ1n) is 7.96. The lowest BCUT2D eigenvalue weighted by atomic mass is 10.1. The molecule has 0 bridgehead atoms. The standard InChI is InChI=1S/C20H20O4/c1-20(2)16(13-21)17(20)18(22)24-19(14-9-5-3-6-10-14)23-15-11-7-4-8-12-15/h3-13,16-17,19H,1-2H3/t16-,17-,19?/m0/s1. The molecule has 4 heteroatoms. The highest BCUT2D eigenvalue weighted by atomic mass is 16.7. The van der Waals surface area contributed by atoms with E-state index in [9.17, 15) is 9.59 Å². The Labute approximate surface area is 141 Å². The van der Waals surface area contributed by atoms with Crippen LogP contribution in [0.15, 0.2) is 60.7 Å². The predicted molar refractivity (Wildman–Crippen MR) is 89.2 cm³/mol. The minimum absolute atomic E-state index is 0.293. The van der Waals surface area contributed by atoms with Gasteiger partial charge in [0.05, 0.1) is 5.92 Å². The van der Waals surface area contributed by atoms with Crippen LogP contribution in [0.4, 0.5) is 0 Å². The monoisotopic (exact) mass is 324 g/mol. The van der Waals surface area contributed by atoms with Crippen molar-refractivity contribution < 1.29 is 19.1 Å². The van der Waals surface area contributed by atoms with Crippen molar-refractivity contribution in [3.63, 3.8) is 0 Å². The van der Waals surface area contributed by atoms with Gasteiger partial charge in [0.2, 0.25) is 0 Å². The highest BCUT2D eigenvalue weighted by Gasteiger charge is 2.63. The second-order valence-electron chi connectivity index (χ2n) is 6.57. The van der Waals surface area contributed by atoms with Gasteiger partial charge >= 0.3 is 5.97 Å². The van der Waals surface area contributed by atoms with Crippen LogP contribution in [0.2, 0.25) is 0 Å². The van der Waals surface area contributed by atoms with Crippen LogP contribution in [0.25, 0.3) is 0 Å². The topological polar surface area (TPSA) is 52.6 Å². The summed E-state index contributed by atoms with van der Waals surface area (Å²) in [5.74, 6) is -0.498. The predicted octanol–water partition coefficient (Wildman–Crippen LogP) is 3.78. The molecule has 2 aromatic rings. The molecule has 0 aliphatic heterocycles. The smallest absolute Gasteiger partial charge is 0.313 e. The number of rotatable bonds is 6. The highest BCUT2D eigenvalue weighted by Crippen LogP contribution is 2.57. The van der Waals surface area contributed by atoms with E-state index in [4.69, 9.17) is 9.47 Å². The van der Waals surface area contributed by atoms with Gasteiger partial charge < -0.3 is 14.3 Å². The van der Waals surface area contributed by atoms with Gasteiger partial charge in [-0.15, -0.1) is 0 Å². The van der Waals surface area contributed by atoms with Gasteiger partial charge in [0.1, 0.15) is 12.0 Å². The maximum atomic E-state index is 12.5. The Kier molecular flexibility index (Phi) is 4.38. The molecule has 24 heavy (non-hydrogen) atoms. The lowest BCUT2D eigenvalue weighted by Gasteiger charge is -2.20. The van der Waals surface area contributed by atoms with Crippen molar-refractivity contribution in [3.05, 3.63) is 66.2 Å². The summed E-state index contributed by atoms with van der Waals surface area (Å²) < 4.78 is 11.5. The Morgan fingerprint density at radius 3 is 2.17 bits per heavy atom. The van der Waals surface area contributed by atoms with Crippen LogP contribution in [0.1, 0.15) is 25.7 Å². The van der Waals surface area contributed by atoms with E-state index in [1.54, 1.807) is 12.1 Å². The van der Waals surface area contributed by atoms with Gasteiger partial charge in [0, 0.05) is 11.5 Å². The molecular formula is C20H20O4. The molecule has 4 nitrogen and oxygen atoms in total. The van der Waals surface area contributed by atoms with Crippen LogP contribution in [0.3, 0.4) is 0 Å². The number of hydrogen-bond acceptors (Lipinski definition) is 4. The zero-order chi connectivity index (χ0) is 17.2. The average molecular weight is 324 g/mol. The fourth-order valence-electron chi connectivity index (χ4n) is 2.95. The van der Waals surface area contributed by atoms with Crippen LogP contribution in [0, 0.1) is 17.3 Å². The van der Waals surface area contributed by atoms with Crippen LogP contribution in [-0.4, -0.2) is 12.3 Å². The number of carbonyl (C=O) groups is 2. The molecule has 0 saturated heterocycles. The first-order chi connectivity index (χ1) is 11.5. The van der Waals surface area contributed by atoms with Crippen molar-refractivity contribution in [2.75, 3.05) is 0 Å². The SMILES string of the molecule is CC1(C)[C@H](C(=O)OC(Oc2ccccc2)c2ccccc2)[C@@H]1C=O. The van der Waals surface area contributed by atoms with E-state index in [-0.39, 0.29) is 11.3 Å². The molecule has 0 aromatic heterocycles. The summed E-state index contributed by atoms with van der Waals surface area (Å²) in [5, 5.41) is 0. The quantitative estimate of drug-likeness (QED) is 0.461. The van der Waals surface area contributed by atoms with Crippen LogP contribution in [-0.2, 0) is 14.3 Å². The third-order valence-corrected chi connectivity index (χ3v) is 4.59. The molecule has 1 aliphatic carbocycles. The Morgan fingerprint density at radius 2 is 1.62 bits per heavy atom. The number of carbonyl (C=O) groups excluding carboxylic acids is 2. The van der Waals surface area contributed by atoms with E-state index in [1.807, 2.05) is 62.4 Å². The van der Waals surface area contributed by atoms with E-state index < -0.39 is 18.2 Å². The first-order valence-corrected chi connectivity index (χ1v) is 7.96. The number of ether oxygens (including phenoxy) is 2. The van der Waals surface area contributed by atoms with Gasteiger partial charge in [0.25, 0.3) is 6.29 Å². The van der Waals surface area contributed by atoms with Gasteiger partial charge in [-0.2, -0.15) is 0 Å². The summed E-state index contributed by atoms with van der Waals surface area (Å²) in [6.45, 7) is 3.79. The van der Waals surface area contributed by atoms with E-state index in [2.05, 4.69) is 0 Å². The highest BCUT2D eigenvalue weighted by molar-refractivity contribution is 5.84. The molecule has 0 amide bonds. The molecule has 124 valence electrons. The fourth-order valence-corrected chi connectivity index (χ4v) is 2.95. The molecular weight excluding hydrogens is 304 g/mol. The molecule has 2 aromatic carbocycles. The van der Waals surface area contributed by atoms with Crippen molar-refractivity contribution in [1.82, 2.24) is 0 Å². The molecule has 0 heterocycles. The number of para-hydroxylation sites is 1. The number of benzene rings is 2. The van der Waals surface area contributed by atoms with Gasteiger partial charge in [-0.1, -0.05) is 62.4 Å². The summed E-state index contributed by atoms with van der Waals surface area (Å²) in [6.07, 6.45) is -0.00795. The van der Waals surface area contributed by atoms with E-state index in [1.165, 1.54) is 0 Å². The molecule has 3 rings (SSSR count). The van der Waals surface area contributed by atoms with Crippen molar-refractivity contribution in [3.8, 4) is 5.75 Å². The minimum Gasteiger partial charge on any atom is -0.450 e. The van der Waals surface area contributed by atoms with Gasteiger partial charge in [-0.25, -0.2) is 0 Å². The zero-order valence-electron chi connectivity index (χ0n) is 13.7. The number of hydrogen-bond donors (Lipinski definition) is 0. The lowest BCUT2D eigenvalue weighted by molar-refractivity contribution is -0.168. The molecule has 1 fully saturated rings. The Bertz CT molecular complexity index is 709. The van der Waals surface area contributed by atoms with Crippen LogP contribution in [0.5, 0.6) is 5.75 Å². The molecule has 1 saturated carbocycles. The van der Waals surface area contributed by atoms with Crippen LogP contribution >= 0.6 is 0 Å². The molecule has 3 atom stereocenters. The minimum atomic E-state index is -0.843. The van der Waals surface area contributed by atoms with Crippen molar-refractivity contribution in [2.24, 2.45) is 17.3 Å². The largest absolute Gasteiger partial charge is 0.450 e. The van der Waals surface area contributed by atoms with Crippen molar-refractivity contribution >= 4 is 12.3 Å². The summed E-state index contributed by atoms with van der Waals surface area (Å²) in [7, 11) is 0. The lowest BCUT2D eigenvalue weighted by Crippen LogP contribution is -2.19. The zero-order valence-corrected chi connectivity index (χ0v) is 13.7. The summed E-state index contributed by atoms with van der Waals surface area (Å²) in [6, 6.07) is 18.5. The molecule has 0 N–H and O–H groups in total. The average Bonchev–Trinajstić information content (AvgIpc) is 3.17. The molecule has 0 spiro atoms. The third-order valence-electron chi connectivity index (χ3n) is 4.59.